The Balaban J connectivity index is 3.02. The number of carbonyl (C=O) groups excluding carboxylic acids is 1. The van der Waals surface area contributed by atoms with E-state index in [9.17, 15) is 10.0 Å². The highest BCUT2D eigenvalue weighted by Crippen LogP contribution is 2.10. The maximum absolute atomic E-state index is 10.8. The van der Waals surface area contributed by atoms with E-state index in [4.69, 9.17) is 5.73 Å². The second-order valence-corrected chi connectivity index (χ2v) is 2.07. The molecular weight excluding hydrogens is 144 g/mol. The number of hydroxylamine groups is 1. The predicted octanol–water partition coefficient (Wildman–Crippen LogP) is -0.561. The molecular formula is C7H8N2O2. The summed E-state index contributed by atoms with van der Waals surface area (Å²) >= 11 is 0. The molecule has 0 aliphatic rings. The van der Waals surface area contributed by atoms with Crippen LogP contribution in [0.25, 0.3) is 0 Å². The number of benzene rings is 1. The van der Waals surface area contributed by atoms with Gasteiger partial charge in [-0.1, -0.05) is 12.1 Å². The number of rotatable bonds is 2. The van der Waals surface area contributed by atoms with Gasteiger partial charge < -0.3 is 10.9 Å². The number of nitrogens with two attached hydrogens (primary N) is 1. The minimum absolute atomic E-state index is 0.256. The van der Waals surface area contributed by atoms with Crippen LogP contribution in [0.1, 0.15) is 0 Å². The summed E-state index contributed by atoms with van der Waals surface area (Å²) in [6, 6.07) is 6.47. The summed E-state index contributed by atoms with van der Waals surface area (Å²) in [4.78, 5) is 10.1. The van der Waals surface area contributed by atoms with Crippen LogP contribution in [0.4, 0.5) is 11.4 Å². The second kappa shape index (κ2) is 3.14. The van der Waals surface area contributed by atoms with E-state index in [0.29, 0.717) is 5.69 Å². The highest BCUT2D eigenvalue weighted by Gasteiger charge is 2.03. The maximum atomic E-state index is 10.8. The molecule has 1 aromatic rings. The zero-order valence-corrected chi connectivity index (χ0v) is 5.78. The molecule has 0 aromatic heterocycles. The first-order valence-electron chi connectivity index (χ1n) is 3.09. The number of carbonyl (C=O) groups is 1. The zero-order valence-electron chi connectivity index (χ0n) is 5.78. The Morgan fingerprint density at radius 1 is 1.45 bits per heavy atom. The fourth-order valence-corrected chi connectivity index (χ4v) is 0.785. The Morgan fingerprint density at radius 2 is 2.09 bits per heavy atom. The number of nitrogens with one attached hydrogen (secondary N) is 1. The highest BCUT2D eigenvalue weighted by atomic mass is 16.5. The number of hydrogen-bond acceptors (Lipinski definition) is 3. The number of hydrogen-bond donors (Lipinski definition) is 2. The van der Waals surface area contributed by atoms with Crippen LogP contribution in [-0.4, -0.2) is 6.41 Å². The van der Waals surface area contributed by atoms with Crippen molar-refractivity contribution in [1.82, 2.24) is 0 Å². The average Bonchev–Trinajstić information content (AvgIpc) is 2.04. The fourth-order valence-electron chi connectivity index (χ4n) is 0.785. The highest BCUT2D eigenvalue weighted by molar-refractivity contribution is 5.60. The van der Waals surface area contributed by atoms with Gasteiger partial charge in [-0.05, 0) is 6.07 Å². The molecule has 1 aromatic carbocycles. The van der Waals surface area contributed by atoms with E-state index >= 15 is 0 Å². The largest absolute Gasteiger partial charge is 0.621 e. The SMILES string of the molecule is Nc1ccccc1[NH+]([O-])C=O. The standard InChI is InChI=1S/C7H8N2O2/c8-6-3-1-2-4-7(6)9(11)5-10/h1-5,9H,8H2. The third-order valence-electron chi connectivity index (χ3n) is 1.33. The molecule has 0 radical (unpaired) electrons. The number of quaternary nitrogens is 1. The molecule has 0 aliphatic heterocycles. The first kappa shape index (κ1) is 7.71. The molecule has 1 rings (SSSR count). The summed E-state index contributed by atoms with van der Waals surface area (Å²) in [6.45, 7) is 0. The monoisotopic (exact) mass is 152 g/mol. The van der Waals surface area contributed by atoms with Crippen molar-refractivity contribution in [2.24, 2.45) is 0 Å². The summed E-state index contributed by atoms with van der Waals surface area (Å²) in [5.41, 5.74) is 6.02. The van der Waals surface area contributed by atoms with Crippen molar-refractivity contribution in [1.29, 1.82) is 0 Å². The van der Waals surface area contributed by atoms with E-state index in [0.717, 1.165) is 0 Å². The van der Waals surface area contributed by atoms with Crippen LogP contribution in [-0.2, 0) is 4.79 Å². The lowest BCUT2D eigenvalue weighted by Crippen LogP contribution is -3.00. The average molecular weight is 152 g/mol. The van der Waals surface area contributed by atoms with Gasteiger partial charge in [0.05, 0.1) is 5.69 Å². The summed E-state index contributed by atoms with van der Waals surface area (Å²) in [5.74, 6) is 0. The Bertz CT molecular complexity index is 262. The molecule has 0 saturated carbocycles. The molecule has 3 N–H and O–H groups in total. The van der Waals surface area contributed by atoms with E-state index in [2.05, 4.69) is 0 Å². The first-order chi connectivity index (χ1) is 5.25. The minimum atomic E-state index is -0.580. The van der Waals surface area contributed by atoms with Gasteiger partial charge >= 0.3 is 6.41 Å². The van der Waals surface area contributed by atoms with Crippen molar-refractivity contribution in [3.8, 4) is 0 Å². The van der Waals surface area contributed by atoms with Crippen molar-refractivity contribution < 1.29 is 9.86 Å². The van der Waals surface area contributed by atoms with Crippen molar-refractivity contribution >= 4 is 17.8 Å². The van der Waals surface area contributed by atoms with Crippen molar-refractivity contribution in [2.45, 2.75) is 0 Å². The zero-order chi connectivity index (χ0) is 8.27. The smallest absolute Gasteiger partial charge is 0.304 e. The van der Waals surface area contributed by atoms with Gasteiger partial charge in [-0.3, -0.25) is 5.06 Å². The van der Waals surface area contributed by atoms with Crippen LogP contribution in [0.2, 0.25) is 0 Å². The van der Waals surface area contributed by atoms with Gasteiger partial charge in [0.2, 0.25) is 0 Å². The first-order valence-corrected chi connectivity index (χ1v) is 3.09. The van der Waals surface area contributed by atoms with Crippen LogP contribution >= 0.6 is 0 Å². The number of anilines is 1. The van der Waals surface area contributed by atoms with Crippen molar-refractivity contribution in [3.63, 3.8) is 0 Å². The second-order valence-electron chi connectivity index (χ2n) is 2.07. The number of nitrogen functional groups attached to an aromatic ring is 1. The molecule has 1 amide bonds. The number of amides is 1. The molecule has 0 heterocycles. The molecule has 0 aliphatic carbocycles. The van der Waals surface area contributed by atoms with Crippen LogP contribution in [0, 0.1) is 5.21 Å². The predicted molar refractivity (Wildman–Crippen MR) is 40.9 cm³/mol. The Morgan fingerprint density at radius 3 is 2.64 bits per heavy atom. The quantitative estimate of drug-likeness (QED) is 0.339. The van der Waals surface area contributed by atoms with Crippen LogP contribution in [0.5, 0.6) is 0 Å². The number of para-hydroxylation sites is 2. The topological polar surface area (TPSA) is 70.6 Å². The van der Waals surface area contributed by atoms with Gasteiger partial charge in [-0.25, -0.2) is 4.79 Å². The van der Waals surface area contributed by atoms with E-state index in [-0.39, 0.29) is 12.1 Å². The van der Waals surface area contributed by atoms with Crippen molar-refractivity contribution in [2.75, 3.05) is 5.73 Å². The third-order valence-corrected chi connectivity index (χ3v) is 1.33. The molecule has 58 valence electrons. The molecule has 0 bridgehead atoms. The Labute approximate surface area is 63.8 Å². The lowest BCUT2D eigenvalue weighted by molar-refractivity contribution is -0.676. The summed E-state index contributed by atoms with van der Waals surface area (Å²) in [5, 5.41) is 10.2. The van der Waals surface area contributed by atoms with Gasteiger partial charge in [0.25, 0.3) is 0 Å². The molecule has 4 nitrogen and oxygen atoms in total. The minimum Gasteiger partial charge on any atom is -0.621 e. The van der Waals surface area contributed by atoms with Gasteiger partial charge in [0.1, 0.15) is 0 Å². The summed E-state index contributed by atoms with van der Waals surface area (Å²) < 4.78 is 0. The van der Waals surface area contributed by atoms with E-state index < -0.39 is 5.06 Å². The van der Waals surface area contributed by atoms with E-state index in [1.165, 1.54) is 6.07 Å². The Kier molecular flexibility index (Phi) is 2.20. The van der Waals surface area contributed by atoms with E-state index in [1.807, 2.05) is 0 Å². The van der Waals surface area contributed by atoms with Crippen molar-refractivity contribution in [3.05, 3.63) is 29.5 Å². The molecule has 1 unspecified atom stereocenters. The van der Waals surface area contributed by atoms with Crippen LogP contribution in [0.3, 0.4) is 0 Å². The molecule has 0 fully saturated rings. The normalized spacial score (nSPS) is 12.5. The van der Waals surface area contributed by atoms with Gasteiger partial charge in [0.15, 0.2) is 5.69 Å². The maximum Gasteiger partial charge on any atom is 0.304 e. The lowest BCUT2D eigenvalue weighted by Gasteiger charge is -2.14. The molecule has 0 saturated heterocycles. The van der Waals surface area contributed by atoms with Gasteiger partial charge in [-0.15, -0.1) is 0 Å². The molecule has 11 heavy (non-hydrogen) atoms. The van der Waals surface area contributed by atoms with Crippen LogP contribution < -0.4 is 10.8 Å². The lowest BCUT2D eigenvalue weighted by atomic mass is 10.3. The van der Waals surface area contributed by atoms with Crippen LogP contribution in [0.15, 0.2) is 24.3 Å². The molecule has 4 heteroatoms. The third kappa shape index (κ3) is 1.54. The fraction of sp³-hybridized carbons (Fsp3) is 0. The summed E-state index contributed by atoms with van der Waals surface area (Å²) in [7, 11) is 0. The molecule has 1 atom stereocenters. The van der Waals surface area contributed by atoms with Gasteiger partial charge in [-0.2, -0.15) is 0 Å². The van der Waals surface area contributed by atoms with Gasteiger partial charge in [0, 0.05) is 6.07 Å². The Hall–Kier alpha value is -1.39. The molecule has 0 spiro atoms. The summed E-state index contributed by atoms with van der Waals surface area (Å²) in [6.07, 6.45) is 0.256. The van der Waals surface area contributed by atoms with E-state index in [1.54, 1.807) is 18.2 Å².